The number of hydrogen-bond acceptors (Lipinski definition) is 5. The number of benzene rings is 3. The van der Waals surface area contributed by atoms with E-state index in [-0.39, 0.29) is 22.7 Å². The minimum Gasteiger partial charge on any atom is -0.506 e. The standard InChI is InChI=1S/C30H26F2N4O/c1-17-6-20(8-22(31)7-17)27-14-35-28-5-2-19(25-11-23(32)9-21(12-33)30(25)37)10-26(28)29(27)36-15-18(16-36)13-34-24-3-4-24/h2,5-11,14,18,24,34,37H,3-4,13,15-16H2,1H3. The van der Waals surface area contributed by atoms with Crippen LogP contribution in [0.5, 0.6) is 5.75 Å². The molecule has 1 aliphatic heterocycles. The van der Waals surface area contributed by atoms with E-state index in [1.807, 2.05) is 31.2 Å². The van der Waals surface area contributed by atoms with Gasteiger partial charge >= 0.3 is 0 Å². The van der Waals surface area contributed by atoms with Crippen LogP contribution in [0.1, 0.15) is 24.0 Å². The molecular weight excluding hydrogens is 470 g/mol. The molecule has 1 aromatic heterocycles. The molecule has 186 valence electrons. The SMILES string of the molecule is Cc1cc(F)cc(-c2cnc3ccc(-c4cc(F)cc(C#N)c4O)cc3c2N2CC(CNC3CC3)C2)c1. The van der Waals surface area contributed by atoms with Gasteiger partial charge in [-0.25, -0.2) is 8.78 Å². The Morgan fingerprint density at radius 3 is 2.54 bits per heavy atom. The summed E-state index contributed by atoms with van der Waals surface area (Å²) in [6.07, 6.45) is 4.28. The van der Waals surface area contributed by atoms with Gasteiger partial charge in [0.2, 0.25) is 0 Å². The maximum absolute atomic E-state index is 14.4. The highest BCUT2D eigenvalue weighted by Crippen LogP contribution is 2.42. The number of halogens is 2. The summed E-state index contributed by atoms with van der Waals surface area (Å²) in [5.41, 5.74) is 4.76. The lowest BCUT2D eigenvalue weighted by atomic mass is 9.92. The molecule has 0 bridgehead atoms. The highest BCUT2D eigenvalue weighted by molar-refractivity contribution is 6.02. The van der Waals surface area contributed by atoms with E-state index in [0.717, 1.165) is 59.0 Å². The molecule has 4 aromatic rings. The molecule has 2 heterocycles. The zero-order chi connectivity index (χ0) is 25.7. The Bertz CT molecular complexity index is 1550. The zero-order valence-corrected chi connectivity index (χ0v) is 20.4. The number of nitrogens with zero attached hydrogens (tertiary/aromatic N) is 3. The molecule has 0 radical (unpaired) electrons. The van der Waals surface area contributed by atoms with E-state index < -0.39 is 5.82 Å². The van der Waals surface area contributed by atoms with Crippen molar-refractivity contribution in [3.8, 4) is 34.1 Å². The highest BCUT2D eigenvalue weighted by Gasteiger charge is 2.32. The fraction of sp³-hybridized carbons (Fsp3) is 0.267. The fourth-order valence-electron chi connectivity index (χ4n) is 5.20. The number of aryl methyl sites for hydroxylation is 1. The van der Waals surface area contributed by atoms with Crippen LogP contribution in [0.15, 0.2) is 54.7 Å². The molecule has 37 heavy (non-hydrogen) atoms. The minimum atomic E-state index is -0.597. The molecule has 6 rings (SSSR count). The van der Waals surface area contributed by atoms with Crippen LogP contribution >= 0.6 is 0 Å². The predicted molar refractivity (Wildman–Crippen MR) is 140 cm³/mol. The van der Waals surface area contributed by atoms with E-state index in [1.54, 1.807) is 12.3 Å². The van der Waals surface area contributed by atoms with Crippen molar-refractivity contribution in [3.05, 3.63) is 77.5 Å². The summed E-state index contributed by atoms with van der Waals surface area (Å²) in [5, 5.41) is 24.4. The number of phenolic OH excluding ortho intramolecular Hbond substituents is 1. The van der Waals surface area contributed by atoms with Crippen LogP contribution in [0.2, 0.25) is 0 Å². The van der Waals surface area contributed by atoms with Crippen molar-refractivity contribution in [1.29, 1.82) is 5.26 Å². The van der Waals surface area contributed by atoms with Crippen molar-refractivity contribution in [1.82, 2.24) is 10.3 Å². The van der Waals surface area contributed by atoms with E-state index in [4.69, 9.17) is 0 Å². The lowest BCUT2D eigenvalue weighted by Crippen LogP contribution is -2.51. The maximum Gasteiger partial charge on any atom is 0.141 e. The number of hydrogen-bond donors (Lipinski definition) is 2. The average molecular weight is 497 g/mol. The molecule has 7 heteroatoms. The summed E-state index contributed by atoms with van der Waals surface area (Å²) < 4.78 is 28.7. The van der Waals surface area contributed by atoms with Gasteiger partial charge in [0.1, 0.15) is 23.5 Å². The Labute approximate surface area is 214 Å². The Kier molecular flexibility index (Phi) is 5.77. The second-order valence-electron chi connectivity index (χ2n) is 10.2. The molecule has 2 aliphatic rings. The van der Waals surface area contributed by atoms with Crippen LogP contribution in [0, 0.1) is 35.8 Å². The topological polar surface area (TPSA) is 72.2 Å². The fourth-order valence-corrected chi connectivity index (χ4v) is 5.20. The van der Waals surface area contributed by atoms with E-state index in [9.17, 15) is 19.1 Å². The second kappa shape index (κ2) is 9.13. The summed E-state index contributed by atoms with van der Waals surface area (Å²) in [6, 6.07) is 15.2. The van der Waals surface area contributed by atoms with Crippen LogP contribution in [-0.4, -0.2) is 35.8 Å². The monoisotopic (exact) mass is 496 g/mol. The maximum atomic E-state index is 14.4. The smallest absolute Gasteiger partial charge is 0.141 e. The van der Waals surface area contributed by atoms with Gasteiger partial charge in [-0.3, -0.25) is 4.98 Å². The first-order valence-corrected chi connectivity index (χ1v) is 12.5. The van der Waals surface area contributed by atoms with Crippen molar-refractivity contribution in [3.63, 3.8) is 0 Å². The normalized spacial score (nSPS) is 15.6. The highest BCUT2D eigenvalue weighted by atomic mass is 19.1. The molecular formula is C30H26F2N4O. The predicted octanol–water partition coefficient (Wildman–Crippen LogP) is 5.92. The van der Waals surface area contributed by atoms with Gasteiger partial charge in [0.25, 0.3) is 0 Å². The number of aromatic nitrogens is 1. The number of phenols is 1. The van der Waals surface area contributed by atoms with Gasteiger partial charge in [0.15, 0.2) is 0 Å². The van der Waals surface area contributed by atoms with Crippen molar-refractivity contribution >= 4 is 16.6 Å². The van der Waals surface area contributed by atoms with Gasteiger partial charge in [-0.2, -0.15) is 5.26 Å². The molecule has 1 saturated carbocycles. The van der Waals surface area contributed by atoms with Gasteiger partial charge in [0, 0.05) is 54.3 Å². The first-order valence-electron chi connectivity index (χ1n) is 12.5. The van der Waals surface area contributed by atoms with Crippen LogP contribution < -0.4 is 10.2 Å². The number of nitriles is 1. The quantitative estimate of drug-likeness (QED) is 0.347. The minimum absolute atomic E-state index is 0.119. The summed E-state index contributed by atoms with van der Waals surface area (Å²) in [6.45, 7) is 4.54. The number of aromatic hydroxyl groups is 1. The van der Waals surface area contributed by atoms with Crippen LogP contribution in [0.25, 0.3) is 33.2 Å². The molecule has 1 saturated heterocycles. The lowest BCUT2D eigenvalue weighted by Gasteiger charge is -2.42. The first-order chi connectivity index (χ1) is 17.9. The van der Waals surface area contributed by atoms with Crippen LogP contribution in [0.4, 0.5) is 14.5 Å². The van der Waals surface area contributed by atoms with Crippen molar-refractivity contribution in [2.45, 2.75) is 25.8 Å². The molecule has 5 nitrogen and oxygen atoms in total. The Balaban J connectivity index is 1.49. The van der Waals surface area contributed by atoms with Gasteiger partial charge < -0.3 is 15.3 Å². The third kappa shape index (κ3) is 4.49. The third-order valence-electron chi connectivity index (χ3n) is 7.24. The molecule has 0 atom stereocenters. The van der Waals surface area contributed by atoms with Crippen molar-refractivity contribution in [2.75, 3.05) is 24.5 Å². The van der Waals surface area contributed by atoms with Gasteiger partial charge in [0.05, 0.1) is 16.8 Å². The number of anilines is 1. The third-order valence-corrected chi connectivity index (χ3v) is 7.24. The van der Waals surface area contributed by atoms with Crippen LogP contribution in [-0.2, 0) is 0 Å². The number of fused-ring (bicyclic) bond motifs is 1. The van der Waals surface area contributed by atoms with Gasteiger partial charge in [-0.05, 0) is 72.9 Å². The van der Waals surface area contributed by atoms with E-state index in [0.29, 0.717) is 17.5 Å². The second-order valence-corrected chi connectivity index (χ2v) is 10.2. The van der Waals surface area contributed by atoms with E-state index in [1.165, 1.54) is 31.0 Å². The number of rotatable bonds is 6. The Hall–Kier alpha value is -4.02. The lowest BCUT2D eigenvalue weighted by molar-refractivity contribution is 0.385. The molecule has 0 spiro atoms. The van der Waals surface area contributed by atoms with Crippen molar-refractivity contribution < 1.29 is 13.9 Å². The largest absolute Gasteiger partial charge is 0.506 e. The van der Waals surface area contributed by atoms with Gasteiger partial charge in [-0.15, -0.1) is 0 Å². The average Bonchev–Trinajstić information content (AvgIpc) is 3.67. The molecule has 0 amide bonds. The summed E-state index contributed by atoms with van der Waals surface area (Å²) >= 11 is 0. The molecule has 2 fully saturated rings. The van der Waals surface area contributed by atoms with Gasteiger partial charge in [-0.1, -0.05) is 12.1 Å². The Morgan fingerprint density at radius 2 is 1.81 bits per heavy atom. The first kappa shape index (κ1) is 23.4. The Morgan fingerprint density at radius 1 is 1.03 bits per heavy atom. The number of pyridine rings is 1. The summed E-state index contributed by atoms with van der Waals surface area (Å²) in [5.74, 6) is -0.649. The molecule has 3 aromatic carbocycles. The van der Waals surface area contributed by atoms with Crippen LogP contribution in [0.3, 0.4) is 0 Å². The van der Waals surface area contributed by atoms with E-state index in [2.05, 4.69) is 15.2 Å². The number of nitrogens with one attached hydrogen (secondary N) is 1. The van der Waals surface area contributed by atoms with E-state index >= 15 is 0 Å². The molecule has 0 unspecified atom stereocenters. The molecule has 2 N–H and O–H groups in total. The summed E-state index contributed by atoms with van der Waals surface area (Å²) in [7, 11) is 0. The molecule has 1 aliphatic carbocycles. The van der Waals surface area contributed by atoms with Crippen molar-refractivity contribution in [2.24, 2.45) is 5.92 Å². The zero-order valence-electron chi connectivity index (χ0n) is 20.4. The summed E-state index contributed by atoms with van der Waals surface area (Å²) in [4.78, 5) is 6.95.